The molecule has 0 amide bonds. The van der Waals surface area contributed by atoms with Gasteiger partial charge in [0.05, 0.1) is 7.11 Å². The molecule has 0 aliphatic carbocycles. The number of nitrogens with two attached hydrogens (primary N) is 1. The summed E-state index contributed by atoms with van der Waals surface area (Å²) in [6.07, 6.45) is 11.0. The molecule has 0 spiro atoms. The lowest BCUT2D eigenvalue weighted by Crippen LogP contribution is -2.38. The second-order valence-electron chi connectivity index (χ2n) is 5.74. The number of hydrogen-bond donors (Lipinski definition) is 1. The van der Waals surface area contributed by atoms with Crippen molar-refractivity contribution < 1.29 is 9.53 Å². The van der Waals surface area contributed by atoms with E-state index in [1.807, 2.05) is 0 Å². The molecule has 2 N–H and O–H groups in total. The normalized spacial score (nSPS) is 15.9. The van der Waals surface area contributed by atoms with Gasteiger partial charge in [0.1, 0.15) is 0 Å². The van der Waals surface area contributed by atoms with Gasteiger partial charge in [0.15, 0.2) is 5.96 Å². The second kappa shape index (κ2) is 14.1. The summed E-state index contributed by atoms with van der Waals surface area (Å²) in [6, 6.07) is 0. The number of halogens is 1. The van der Waals surface area contributed by atoms with Crippen molar-refractivity contribution in [3.05, 3.63) is 0 Å². The van der Waals surface area contributed by atoms with E-state index in [-0.39, 0.29) is 29.9 Å². The molecule has 1 heterocycles. The minimum atomic E-state index is -0.107. The van der Waals surface area contributed by atoms with Crippen LogP contribution in [0, 0.1) is 0 Å². The van der Waals surface area contributed by atoms with Crippen molar-refractivity contribution in [3.63, 3.8) is 0 Å². The van der Waals surface area contributed by atoms with Crippen LogP contribution in [0.25, 0.3) is 0 Å². The Morgan fingerprint density at radius 2 is 1.64 bits per heavy atom. The molecule has 0 unspecified atom stereocenters. The lowest BCUT2D eigenvalue weighted by molar-refractivity contribution is -0.140. The first-order chi connectivity index (χ1) is 10.2. The molecule has 0 atom stereocenters. The Balaban J connectivity index is 0.00000441. The van der Waals surface area contributed by atoms with Crippen LogP contribution >= 0.6 is 24.0 Å². The van der Waals surface area contributed by atoms with Crippen LogP contribution in [0.5, 0.6) is 0 Å². The number of rotatable bonds is 8. The average Bonchev–Trinajstić information content (AvgIpc) is 2.78. The monoisotopic (exact) mass is 425 g/mol. The summed E-state index contributed by atoms with van der Waals surface area (Å²) < 4.78 is 4.61. The number of likely N-dealkylation sites (tertiary alicyclic amines) is 1. The van der Waals surface area contributed by atoms with Crippen LogP contribution in [0.1, 0.15) is 64.2 Å². The van der Waals surface area contributed by atoms with Crippen LogP contribution in [-0.2, 0) is 9.53 Å². The van der Waals surface area contributed by atoms with E-state index in [0.29, 0.717) is 6.42 Å². The highest BCUT2D eigenvalue weighted by atomic mass is 127. The highest BCUT2D eigenvalue weighted by molar-refractivity contribution is 14.0. The van der Waals surface area contributed by atoms with E-state index in [0.717, 1.165) is 57.7 Å². The Morgan fingerprint density at radius 3 is 2.27 bits per heavy atom. The number of aliphatic imine (C=N–C) groups is 1. The maximum atomic E-state index is 10.9. The molecule has 0 radical (unpaired) electrons. The van der Waals surface area contributed by atoms with Crippen molar-refractivity contribution in [2.75, 3.05) is 26.7 Å². The van der Waals surface area contributed by atoms with Crippen molar-refractivity contribution in [3.8, 4) is 0 Å². The Labute approximate surface area is 152 Å². The first-order valence-electron chi connectivity index (χ1n) is 8.35. The number of ether oxygens (including phenoxy) is 1. The first-order valence-corrected chi connectivity index (χ1v) is 8.35. The summed E-state index contributed by atoms with van der Waals surface area (Å²) in [7, 11) is 1.44. The Morgan fingerprint density at radius 1 is 1.05 bits per heavy atom. The predicted octanol–water partition coefficient (Wildman–Crippen LogP) is 3.31. The molecule has 1 saturated heterocycles. The molecule has 0 saturated carbocycles. The molecular weight excluding hydrogens is 393 g/mol. The number of nitrogens with zero attached hydrogens (tertiary/aromatic N) is 2. The summed E-state index contributed by atoms with van der Waals surface area (Å²) >= 11 is 0. The fraction of sp³-hybridized carbons (Fsp3) is 0.875. The minimum absolute atomic E-state index is 0. The van der Waals surface area contributed by atoms with E-state index in [2.05, 4.69) is 14.6 Å². The summed E-state index contributed by atoms with van der Waals surface area (Å²) in [6.45, 7) is 2.94. The number of carbonyl (C=O) groups excluding carboxylic acids is 1. The molecule has 22 heavy (non-hydrogen) atoms. The molecule has 6 heteroatoms. The quantitative estimate of drug-likeness (QED) is 0.213. The summed E-state index contributed by atoms with van der Waals surface area (Å²) in [5, 5.41) is 0. The standard InChI is InChI=1S/C16H31N3O2.HI/c1-21-15(20)11-7-3-2-4-8-12-18-16(17)19-13-9-5-6-10-14-19;/h2-14H2,1H3,(H2,17,18);1H. The second-order valence-corrected chi connectivity index (χ2v) is 5.74. The zero-order valence-electron chi connectivity index (χ0n) is 13.9. The van der Waals surface area contributed by atoms with Gasteiger partial charge >= 0.3 is 5.97 Å². The van der Waals surface area contributed by atoms with E-state index < -0.39 is 0 Å². The zero-order valence-corrected chi connectivity index (χ0v) is 16.2. The fourth-order valence-electron chi connectivity index (χ4n) is 2.61. The van der Waals surface area contributed by atoms with Crippen molar-refractivity contribution >= 4 is 35.9 Å². The number of carbonyl (C=O) groups is 1. The number of hydrogen-bond acceptors (Lipinski definition) is 3. The van der Waals surface area contributed by atoms with Crippen molar-refractivity contribution in [2.24, 2.45) is 10.7 Å². The minimum Gasteiger partial charge on any atom is -0.469 e. The summed E-state index contributed by atoms with van der Waals surface area (Å²) in [5.41, 5.74) is 6.05. The van der Waals surface area contributed by atoms with Crippen LogP contribution in [0.3, 0.4) is 0 Å². The maximum absolute atomic E-state index is 10.9. The van der Waals surface area contributed by atoms with Crippen LogP contribution < -0.4 is 5.73 Å². The van der Waals surface area contributed by atoms with Gasteiger partial charge in [0, 0.05) is 26.1 Å². The molecule has 1 aliphatic rings. The van der Waals surface area contributed by atoms with Crippen molar-refractivity contribution in [1.29, 1.82) is 0 Å². The van der Waals surface area contributed by atoms with Gasteiger partial charge in [-0.3, -0.25) is 9.79 Å². The molecule has 0 aromatic carbocycles. The molecule has 1 aliphatic heterocycles. The third-order valence-electron chi connectivity index (χ3n) is 3.97. The van der Waals surface area contributed by atoms with Crippen LogP contribution in [0.15, 0.2) is 4.99 Å². The SMILES string of the molecule is COC(=O)CCCCCCCN=C(N)N1CCCCCC1.I. The van der Waals surface area contributed by atoms with Crippen molar-refractivity contribution in [2.45, 2.75) is 64.2 Å². The van der Waals surface area contributed by atoms with Crippen molar-refractivity contribution in [1.82, 2.24) is 4.90 Å². The number of methoxy groups -OCH3 is 1. The Kier molecular flexibility index (Phi) is 13.7. The van der Waals surface area contributed by atoms with Gasteiger partial charge in [-0.15, -0.1) is 24.0 Å². The zero-order chi connectivity index (χ0) is 15.3. The number of esters is 1. The molecular formula is C16H32IN3O2. The lowest BCUT2D eigenvalue weighted by atomic mass is 10.1. The summed E-state index contributed by atoms with van der Waals surface area (Å²) in [4.78, 5) is 17.7. The Bertz CT molecular complexity index is 317. The van der Waals surface area contributed by atoms with Crippen LogP contribution in [-0.4, -0.2) is 43.6 Å². The number of guanidine groups is 1. The molecule has 130 valence electrons. The molecule has 5 nitrogen and oxygen atoms in total. The van der Waals surface area contributed by atoms with Gasteiger partial charge in [-0.2, -0.15) is 0 Å². The molecule has 1 rings (SSSR count). The van der Waals surface area contributed by atoms with Gasteiger partial charge in [-0.25, -0.2) is 0 Å². The average molecular weight is 425 g/mol. The molecule has 0 bridgehead atoms. The van der Waals surface area contributed by atoms with E-state index >= 15 is 0 Å². The van der Waals surface area contributed by atoms with Gasteiger partial charge in [-0.1, -0.05) is 32.1 Å². The fourth-order valence-corrected chi connectivity index (χ4v) is 2.61. The van der Waals surface area contributed by atoms with Gasteiger partial charge in [0.25, 0.3) is 0 Å². The molecule has 1 fully saturated rings. The van der Waals surface area contributed by atoms with Gasteiger partial charge in [0.2, 0.25) is 0 Å². The topological polar surface area (TPSA) is 67.9 Å². The third-order valence-corrected chi connectivity index (χ3v) is 3.97. The largest absolute Gasteiger partial charge is 0.469 e. The van der Waals surface area contributed by atoms with Gasteiger partial charge < -0.3 is 15.4 Å². The lowest BCUT2D eigenvalue weighted by Gasteiger charge is -2.21. The highest BCUT2D eigenvalue weighted by Gasteiger charge is 2.10. The van der Waals surface area contributed by atoms with E-state index in [1.54, 1.807) is 0 Å². The van der Waals surface area contributed by atoms with E-state index in [9.17, 15) is 4.79 Å². The van der Waals surface area contributed by atoms with Crippen LogP contribution in [0.4, 0.5) is 0 Å². The van der Waals surface area contributed by atoms with Gasteiger partial charge in [-0.05, 0) is 25.7 Å². The number of unbranched alkanes of at least 4 members (excludes halogenated alkanes) is 4. The predicted molar refractivity (Wildman–Crippen MR) is 102 cm³/mol. The Hall–Kier alpha value is -0.530. The van der Waals surface area contributed by atoms with E-state index in [1.165, 1.54) is 32.8 Å². The van der Waals surface area contributed by atoms with E-state index in [4.69, 9.17) is 5.73 Å². The maximum Gasteiger partial charge on any atom is 0.305 e. The summed E-state index contributed by atoms with van der Waals surface area (Å²) in [5.74, 6) is 0.618. The smallest absolute Gasteiger partial charge is 0.305 e. The third kappa shape index (κ3) is 10.2. The molecule has 0 aromatic rings. The highest BCUT2D eigenvalue weighted by Crippen LogP contribution is 2.09. The molecule has 0 aromatic heterocycles. The first kappa shape index (κ1) is 21.5. The van der Waals surface area contributed by atoms with Crippen LogP contribution in [0.2, 0.25) is 0 Å².